The van der Waals surface area contributed by atoms with E-state index in [1.165, 1.54) is 6.07 Å². The number of benzene rings is 1. The first kappa shape index (κ1) is 13.4. The number of anilines is 1. The summed E-state index contributed by atoms with van der Waals surface area (Å²) in [5.41, 5.74) is 1.79. The summed E-state index contributed by atoms with van der Waals surface area (Å²) in [7, 11) is 0. The molecule has 6 heteroatoms. The zero-order valence-electron chi connectivity index (χ0n) is 11.6. The molecule has 21 heavy (non-hydrogen) atoms. The lowest BCUT2D eigenvalue weighted by Gasteiger charge is -2.18. The molecule has 0 fully saturated rings. The summed E-state index contributed by atoms with van der Waals surface area (Å²) in [6.45, 7) is 3.04. The lowest BCUT2D eigenvalue weighted by Crippen LogP contribution is -2.30. The summed E-state index contributed by atoms with van der Waals surface area (Å²) in [5, 5.41) is 9.07. The largest absolute Gasteiger partial charge is 0.478 e. The van der Waals surface area contributed by atoms with Crippen LogP contribution in [0.15, 0.2) is 30.6 Å². The zero-order chi connectivity index (χ0) is 15.0. The Labute approximate surface area is 121 Å². The maximum Gasteiger partial charge on any atom is 0.335 e. The van der Waals surface area contributed by atoms with Crippen LogP contribution in [0.2, 0.25) is 0 Å². The van der Waals surface area contributed by atoms with Crippen molar-refractivity contribution in [3.05, 3.63) is 47.5 Å². The molecule has 0 radical (unpaired) electrons. The molecular formula is C15H15N3O3. The third kappa shape index (κ3) is 2.40. The van der Waals surface area contributed by atoms with E-state index < -0.39 is 5.97 Å². The Bertz CT molecular complexity index is 721. The van der Waals surface area contributed by atoms with Gasteiger partial charge >= 0.3 is 5.97 Å². The van der Waals surface area contributed by atoms with E-state index in [9.17, 15) is 9.59 Å². The number of aromatic nitrogens is 2. The number of carboxylic acid groups (broad SMARTS) is 1. The lowest BCUT2D eigenvalue weighted by atomic mass is 10.1. The molecule has 2 aromatic rings. The van der Waals surface area contributed by atoms with Crippen LogP contribution in [0.25, 0.3) is 0 Å². The number of carbonyl (C=O) groups is 2. The number of nitrogens with zero attached hydrogens (tertiary/aromatic N) is 3. The van der Waals surface area contributed by atoms with Crippen molar-refractivity contribution in [2.24, 2.45) is 0 Å². The molecule has 2 heterocycles. The van der Waals surface area contributed by atoms with Gasteiger partial charge in [0.2, 0.25) is 5.91 Å². The molecule has 1 aromatic heterocycles. The van der Waals surface area contributed by atoms with Crippen molar-refractivity contribution in [2.45, 2.75) is 19.9 Å². The molecule has 0 saturated carbocycles. The third-order valence-corrected chi connectivity index (χ3v) is 3.75. The van der Waals surface area contributed by atoms with E-state index in [1.807, 2.05) is 17.7 Å². The summed E-state index contributed by atoms with van der Waals surface area (Å²) >= 11 is 0. The molecule has 3 rings (SSSR count). The molecule has 108 valence electrons. The Morgan fingerprint density at radius 2 is 2.19 bits per heavy atom. The van der Waals surface area contributed by atoms with Crippen molar-refractivity contribution in [3.63, 3.8) is 0 Å². The summed E-state index contributed by atoms with van der Waals surface area (Å²) in [5.74, 6) is -0.0889. The van der Waals surface area contributed by atoms with Gasteiger partial charge in [-0.1, -0.05) is 6.07 Å². The standard InChI is InChI=1S/C15H15N3O3/c1-10-16-4-5-17(10)6-7-18-13-8-12(15(20)21)3-2-11(13)9-14(18)19/h2-5,8H,6-7,9H2,1H3,(H,20,21). The monoisotopic (exact) mass is 285 g/mol. The normalized spacial score (nSPS) is 13.6. The SMILES string of the molecule is Cc1nccn1CCN1C(=O)Cc2ccc(C(=O)O)cc21. The number of amides is 1. The average molecular weight is 285 g/mol. The second kappa shape index (κ2) is 5.05. The molecule has 1 aliphatic rings. The van der Waals surface area contributed by atoms with Crippen LogP contribution in [0.5, 0.6) is 0 Å². The Kier molecular flexibility index (Phi) is 3.21. The quantitative estimate of drug-likeness (QED) is 0.923. The van der Waals surface area contributed by atoms with Gasteiger partial charge in [-0.05, 0) is 24.6 Å². The number of rotatable bonds is 4. The number of imidazole rings is 1. The van der Waals surface area contributed by atoms with Crippen molar-refractivity contribution < 1.29 is 14.7 Å². The van der Waals surface area contributed by atoms with Gasteiger partial charge in [0, 0.05) is 31.2 Å². The molecule has 0 unspecified atom stereocenters. The second-order valence-electron chi connectivity index (χ2n) is 5.04. The highest BCUT2D eigenvalue weighted by Gasteiger charge is 2.27. The van der Waals surface area contributed by atoms with Crippen LogP contribution < -0.4 is 4.90 Å². The average Bonchev–Trinajstić information content (AvgIpc) is 2.98. The highest BCUT2D eigenvalue weighted by atomic mass is 16.4. The van der Waals surface area contributed by atoms with Gasteiger partial charge in [0.1, 0.15) is 5.82 Å². The summed E-state index contributed by atoms with van der Waals surface area (Å²) in [6, 6.07) is 4.83. The predicted octanol–water partition coefficient (Wildman–Crippen LogP) is 1.48. The van der Waals surface area contributed by atoms with E-state index in [0.717, 1.165) is 11.4 Å². The van der Waals surface area contributed by atoms with Crippen LogP contribution in [0, 0.1) is 6.92 Å². The highest BCUT2D eigenvalue weighted by Crippen LogP contribution is 2.29. The predicted molar refractivity (Wildman–Crippen MR) is 76.4 cm³/mol. The number of hydrogen-bond acceptors (Lipinski definition) is 3. The van der Waals surface area contributed by atoms with Crippen molar-refractivity contribution in [3.8, 4) is 0 Å². The smallest absolute Gasteiger partial charge is 0.335 e. The topological polar surface area (TPSA) is 75.4 Å². The molecule has 0 spiro atoms. The fourth-order valence-corrected chi connectivity index (χ4v) is 2.58. The molecular weight excluding hydrogens is 270 g/mol. The summed E-state index contributed by atoms with van der Waals surface area (Å²) in [6.07, 6.45) is 3.92. The number of fused-ring (bicyclic) bond motifs is 1. The molecule has 0 bridgehead atoms. The van der Waals surface area contributed by atoms with Gasteiger partial charge < -0.3 is 14.6 Å². The molecule has 1 aliphatic heterocycles. The number of carbonyl (C=O) groups excluding carboxylic acids is 1. The summed E-state index contributed by atoms with van der Waals surface area (Å²) in [4.78, 5) is 29.0. The first-order valence-corrected chi connectivity index (χ1v) is 6.70. The van der Waals surface area contributed by atoms with E-state index in [0.29, 0.717) is 25.2 Å². The van der Waals surface area contributed by atoms with Gasteiger partial charge in [0.25, 0.3) is 0 Å². The fraction of sp³-hybridized carbons (Fsp3) is 0.267. The molecule has 1 aromatic carbocycles. The Balaban J connectivity index is 1.84. The number of carboxylic acids is 1. The third-order valence-electron chi connectivity index (χ3n) is 3.75. The van der Waals surface area contributed by atoms with Gasteiger partial charge in [-0.2, -0.15) is 0 Å². The van der Waals surface area contributed by atoms with E-state index in [1.54, 1.807) is 23.2 Å². The van der Waals surface area contributed by atoms with Crippen LogP contribution >= 0.6 is 0 Å². The van der Waals surface area contributed by atoms with Crippen LogP contribution in [0.1, 0.15) is 21.7 Å². The molecule has 0 saturated heterocycles. The van der Waals surface area contributed by atoms with Gasteiger partial charge in [-0.3, -0.25) is 4.79 Å². The molecule has 0 atom stereocenters. The molecule has 1 amide bonds. The minimum atomic E-state index is -0.984. The minimum Gasteiger partial charge on any atom is -0.478 e. The fourth-order valence-electron chi connectivity index (χ4n) is 2.58. The molecule has 1 N–H and O–H groups in total. The van der Waals surface area contributed by atoms with Crippen molar-refractivity contribution in [1.29, 1.82) is 0 Å². The number of aryl methyl sites for hydroxylation is 1. The van der Waals surface area contributed by atoms with Gasteiger partial charge in [-0.25, -0.2) is 9.78 Å². The van der Waals surface area contributed by atoms with E-state index in [4.69, 9.17) is 5.11 Å². The maximum absolute atomic E-state index is 12.1. The van der Waals surface area contributed by atoms with E-state index >= 15 is 0 Å². The van der Waals surface area contributed by atoms with Crippen LogP contribution in [-0.4, -0.2) is 33.1 Å². The van der Waals surface area contributed by atoms with Gasteiger partial charge in [-0.15, -0.1) is 0 Å². The lowest BCUT2D eigenvalue weighted by molar-refractivity contribution is -0.117. The summed E-state index contributed by atoms with van der Waals surface area (Å²) < 4.78 is 1.96. The second-order valence-corrected chi connectivity index (χ2v) is 5.04. The van der Waals surface area contributed by atoms with Crippen molar-refractivity contribution >= 4 is 17.6 Å². The van der Waals surface area contributed by atoms with Crippen LogP contribution in [-0.2, 0) is 17.8 Å². The van der Waals surface area contributed by atoms with Crippen LogP contribution in [0.3, 0.4) is 0 Å². The Morgan fingerprint density at radius 3 is 2.86 bits per heavy atom. The first-order chi connectivity index (χ1) is 10.1. The first-order valence-electron chi connectivity index (χ1n) is 6.70. The minimum absolute atomic E-state index is 0.00491. The van der Waals surface area contributed by atoms with Crippen molar-refractivity contribution in [2.75, 3.05) is 11.4 Å². The molecule has 6 nitrogen and oxygen atoms in total. The molecule has 0 aliphatic carbocycles. The van der Waals surface area contributed by atoms with E-state index in [-0.39, 0.29) is 11.5 Å². The maximum atomic E-state index is 12.1. The van der Waals surface area contributed by atoms with Gasteiger partial charge in [0.05, 0.1) is 12.0 Å². The number of aromatic carboxylic acids is 1. The highest BCUT2D eigenvalue weighted by molar-refractivity contribution is 6.03. The van der Waals surface area contributed by atoms with E-state index in [2.05, 4.69) is 4.98 Å². The van der Waals surface area contributed by atoms with Crippen molar-refractivity contribution in [1.82, 2.24) is 9.55 Å². The Hall–Kier alpha value is -2.63. The Morgan fingerprint density at radius 1 is 1.38 bits per heavy atom. The zero-order valence-corrected chi connectivity index (χ0v) is 11.6. The number of hydrogen-bond donors (Lipinski definition) is 1. The van der Waals surface area contributed by atoms with Gasteiger partial charge in [0.15, 0.2) is 0 Å². The van der Waals surface area contributed by atoms with Crippen LogP contribution in [0.4, 0.5) is 5.69 Å².